The molecule has 3 aromatic rings. The quantitative estimate of drug-likeness (QED) is 0.305. The number of thiophene rings is 1. The maximum atomic E-state index is 12.2. The molecule has 110 valence electrons. The molecule has 0 bridgehead atoms. The fourth-order valence-corrected chi connectivity index (χ4v) is 2.87. The normalized spacial score (nSPS) is 11.3. The molecule has 0 saturated carbocycles. The van der Waals surface area contributed by atoms with E-state index in [4.69, 9.17) is 4.42 Å². The van der Waals surface area contributed by atoms with Crippen LogP contribution in [-0.4, -0.2) is 10.7 Å². The molecule has 3 rings (SSSR count). The van der Waals surface area contributed by atoms with Crippen molar-refractivity contribution in [1.29, 1.82) is 0 Å². The maximum absolute atomic E-state index is 12.2. The van der Waals surface area contributed by atoms with Gasteiger partial charge >= 0.3 is 5.00 Å². The van der Waals surface area contributed by atoms with Crippen molar-refractivity contribution in [2.45, 2.75) is 6.92 Å². The number of rotatable bonds is 4. The van der Waals surface area contributed by atoms with E-state index in [9.17, 15) is 14.9 Å². The Labute approximate surface area is 129 Å². The van der Waals surface area contributed by atoms with Gasteiger partial charge in [0.2, 0.25) is 5.78 Å². The van der Waals surface area contributed by atoms with Crippen molar-refractivity contribution in [2.24, 2.45) is 0 Å². The smallest absolute Gasteiger partial charge is 0.324 e. The molecule has 0 aliphatic carbocycles. The number of para-hydroxylation sites is 1. The Balaban J connectivity index is 1.87. The van der Waals surface area contributed by atoms with Crippen LogP contribution in [0.25, 0.3) is 17.0 Å². The Hall–Kier alpha value is -2.73. The first-order valence-electron chi connectivity index (χ1n) is 6.50. The lowest BCUT2D eigenvalue weighted by molar-refractivity contribution is -0.380. The molecule has 0 aliphatic heterocycles. The number of allylic oxidation sites excluding steroid dienone is 1. The van der Waals surface area contributed by atoms with Gasteiger partial charge in [-0.15, -0.1) is 0 Å². The van der Waals surface area contributed by atoms with E-state index in [-0.39, 0.29) is 10.8 Å². The van der Waals surface area contributed by atoms with E-state index in [2.05, 4.69) is 0 Å². The van der Waals surface area contributed by atoms with Crippen molar-refractivity contribution in [1.82, 2.24) is 0 Å². The summed E-state index contributed by atoms with van der Waals surface area (Å²) in [6.07, 6.45) is 2.93. The number of carbonyl (C=O) groups is 1. The van der Waals surface area contributed by atoms with Gasteiger partial charge in [0, 0.05) is 22.4 Å². The first-order valence-corrected chi connectivity index (χ1v) is 7.37. The molecule has 0 unspecified atom stereocenters. The van der Waals surface area contributed by atoms with Crippen LogP contribution in [0.3, 0.4) is 0 Å². The number of fused-ring (bicyclic) bond motifs is 1. The van der Waals surface area contributed by atoms with E-state index in [1.54, 1.807) is 11.5 Å². The Morgan fingerprint density at radius 3 is 2.82 bits per heavy atom. The second-order valence-corrected chi connectivity index (χ2v) is 5.61. The van der Waals surface area contributed by atoms with Crippen LogP contribution in [0.15, 0.2) is 46.2 Å². The topological polar surface area (TPSA) is 73.3 Å². The lowest BCUT2D eigenvalue weighted by atomic mass is 10.1. The van der Waals surface area contributed by atoms with Gasteiger partial charge in [-0.3, -0.25) is 14.9 Å². The molecule has 0 saturated heterocycles. The van der Waals surface area contributed by atoms with Crippen LogP contribution in [0.2, 0.25) is 0 Å². The third-order valence-corrected chi connectivity index (χ3v) is 4.18. The number of furan rings is 1. The molecule has 0 atom stereocenters. The second kappa shape index (κ2) is 5.57. The summed E-state index contributed by atoms with van der Waals surface area (Å²) in [6.45, 7) is 1.84. The van der Waals surface area contributed by atoms with Gasteiger partial charge < -0.3 is 4.42 Å². The number of benzene rings is 1. The van der Waals surface area contributed by atoms with E-state index in [0.717, 1.165) is 22.3 Å². The lowest BCUT2D eigenvalue weighted by Crippen LogP contribution is -1.93. The predicted octanol–water partition coefficient (Wildman–Crippen LogP) is 4.61. The van der Waals surface area contributed by atoms with Gasteiger partial charge in [0.05, 0.1) is 4.92 Å². The van der Waals surface area contributed by atoms with Crippen molar-refractivity contribution < 1.29 is 14.1 Å². The molecule has 0 spiro atoms. The number of hydrogen-bond donors (Lipinski definition) is 0. The van der Waals surface area contributed by atoms with Crippen molar-refractivity contribution in [3.63, 3.8) is 0 Å². The third-order valence-electron chi connectivity index (χ3n) is 3.28. The first kappa shape index (κ1) is 14.2. The highest BCUT2D eigenvalue weighted by Crippen LogP contribution is 2.26. The van der Waals surface area contributed by atoms with Crippen LogP contribution >= 0.6 is 11.3 Å². The average molecular weight is 313 g/mol. The molecule has 0 N–H and O–H groups in total. The largest absolute Gasteiger partial charge is 0.452 e. The van der Waals surface area contributed by atoms with Gasteiger partial charge in [-0.2, -0.15) is 0 Å². The molecule has 2 aromatic heterocycles. The Morgan fingerprint density at radius 2 is 2.14 bits per heavy atom. The SMILES string of the molecule is Cc1c(C(=O)/C=C/c2csc([N+](=O)[O-])c2)oc2ccccc12. The van der Waals surface area contributed by atoms with Crippen LogP contribution in [0, 0.1) is 17.0 Å². The molecule has 2 heterocycles. The fourth-order valence-electron chi connectivity index (χ4n) is 2.18. The lowest BCUT2D eigenvalue weighted by Gasteiger charge is -1.91. The van der Waals surface area contributed by atoms with Gasteiger partial charge in [0.15, 0.2) is 5.76 Å². The van der Waals surface area contributed by atoms with Crippen molar-refractivity contribution in [2.75, 3.05) is 0 Å². The summed E-state index contributed by atoms with van der Waals surface area (Å²) in [5, 5.41) is 13.2. The molecule has 5 nitrogen and oxygen atoms in total. The van der Waals surface area contributed by atoms with Gasteiger partial charge in [0.1, 0.15) is 5.58 Å². The number of ketones is 1. The summed E-state index contributed by atoms with van der Waals surface area (Å²) in [7, 11) is 0. The highest BCUT2D eigenvalue weighted by atomic mass is 32.1. The molecular weight excluding hydrogens is 302 g/mol. The summed E-state index contributed by atoms with van der Waals surface area (Å²) in [4.78, 5) is 22.4. The molecule has 0 amide bonds. The van der Waals surface area contributed by atoms with E-state index in [0.29, 0.717) is 16.9 Å². The third kappa shape index (κ3) is 2.56. The van der Waals surface area contributed by atoms with Gasteiger partial charge in [-0.25, -0.2) is 0 Å². The molecule has 6 heteroatoms. The fraction of sp³-hybridized carbons (Fsp3) is 0.0625. The zero-order chi connectivity index (χ0) is 15.7. The van der Waals surface area contributed by atoms with Crippen LogP contribution in [-0.2, 0) is 0 Å². The second-order valence-electron chi connectivity index (χ2n) is 4.73. The minimum absolute atomic E-state index is 0.0482. The van der Waals surface area contributed by atoms with Crippen LogP contribution < -0.4 is 0 Å². The van der Waals surface area contributed by atoms with Gasteiger partial charge in [-0.05, 0) is 30.7 Å². The van der Waals surface area contributed by atoms with Crippen molar-refractivity contribution in [3.8, 4) is 0 Å². The van der Waals surface area contributed by atoms with Gasteiger partial charge in [-0.1, -0.05) is 29.5 Å². The average Bonchev–Trinajstić information content (AvgIpc) is 3.11. The number of nitrogens with zero attached hydrogens (tertiary/aromatic N) is 1. The molecule has 22 heavy (non-hydrogen) atoms. The minimum Gasteiger partial charge on any atom is -0.452 e. The zero-order valence-electron chi connectivity index (χ0n) is 11.6. The zero-order valence-corrected chi connectivity index (χ0v) is 12.4. The molecule has 0 fully saturated rings. The highest BCUT2D eigenvalue weighted by molar-refractivity contribution is 7.13. The van der Waals surface area contributed by atoms with Crippen LogP contribution in [0.1, 0.15) is 21.7 Å². The van der Waals surface area contributed by atoms with Crippen molar-refractivity contribution in [3.05, 3.63) is 68.8 Å². The number of nitro groups is 1. The monoisotopic (exact) mass is 313 g/mol. The number of aryl methyl sites for hydroxylation is 1. The molecule has 1 aromatic carbocycles. The maximum Gasteiger partial charge on any atom is 0.324 e. The predicted molar refractivity (Wildman–Crippen MR) is 85.3 cm³/mol. The summed E-state index contributed by atoms with van der Waals surface area (Å²) >= 11 is 1.03. The van der Waals surface area contributed by atoms with E-state index in [1.807, 2.05) is 31.2 Å². The first-order chi connectivity index (χ1) is 10.6. The van der Waals surface area contributed by atoms with E-state index < -0.39 is 4.92 Å². The summed E-state index contributed by atoms with van der Waals surface area (Å²) in [5.74, 6) is 0.0322. The Morgan fingerprint density at radius 1 is 1.36 bits per heavy atom. The minimum atomic E-state index is -0.451. The summed E-state index contributed by atoms with van der Waals surface area (Å²) < 4.78 is 5.59. The Kier molecular flexibility index (Phi) is 3.60. The van der Waals surface area contributed by atoms with Crippen molar-refractivity contribution >= 4 is 39.2 Å². The van der Waals surface area contributed by atoms with Crippen LogP contribution in [0.4, 0.5) is 5.00 Å². The Bertz CT molecular complexity index is 904. The molecule has 0 aliphatic rings. The summed E-state index contributed by atoms with van der Waals surface area (Å²) in [6, 6.07) is 8.88. The standard InChI is InChI=1S/C16H11NO4S/c1-10-12-4-2-3-5-14(12)21-16(10)13(18)7-6-11-8-15(17(19)20)22-9-11/h2-9H,1H3/b7-6+. The molecule has 0 radical (unpaired) electrons. The van der Waals surface area contributed by atoms with Crippen LogP contribution in [0.5, 0.6) is 0 Å². The number of hydrogen-bond acceptors (Lipinski definition) is 5. The van der Waals surface area contributed by atoms with Gasteiger partial charge in [0.25, 0.3) is 0 Å². The highest BCUT2D eigenvalue weighted by Gasteiger charge is 2.15. The van der Waals surface area contributed by atoms with E-state index >= 15 is 0 Å². The summed E-state index contributed by atoms with van der Waals surface area (Å²) in [5.41, 5.74) is 2.09. The number of carbonyl (C=O) groups excluding carboxylic acids is 1. The molecular formula is C16H11NO4S. The van der Waals surface area contributed by atoms with E-state index in [1.165, 1.54) is 12.1 Å².